The van der Waals surface area contributed by atoms with Gasteiger partial charge in [0.1, 0.15) is 0 Å². The molecule has 14 heavy (non-hydrogen) atoms. The second-order valence-electron chi connectivity index (χ2n) is 2.86. The zero-order valence-electron chi connectivity index (χ0n) is 7.42. The van der Waals surface area contributed by atoms with Crippen molar-refractivity contribution in [2.24, 2.45) is 0 Å². The van der Waals surface area contributed by atoms with E-state index in [0.29, 0.717) is 5.56 Å². The zero-order valence-corrected chi connectivity index (χ0v) is 7.42. The first-order chi connectivity index (χ1) is 6.79. The molecule has 1 heterocycles. The molecule has 0 saturated carbocycles. The molecule has 0 aliphatic heterocycles. The van der Waals surface area contributed by atoms with Crippen LogP contribution in [0.25, 0.3) is 11.1 Å². The second kappa shape index (κ2) is 3.33. The van der Waals surface area contributed by atoms with E-state index in [0.717, 1.165) is 10.4 Å². The van der Waals surface area contributed by atoms with Gasteiger partial charge in [0.15, 0.2) is 0 Å². The predicted octanol–water partition coefficient (Wildman–Crippen LogP) is 0.624. The van der Waals surface area contributed by atoms with Crippen molar-refractivity contribution in [3.63, 3.8) is 0 Å². The summed E-state index contributed by atoms with van der Waals surface area (Å²) in [6, 6.07) is 11.0. The Balaban J connectivity index is 2.64. The highest BCUT2D eigenvalue weighted by atomic mass is 16.1. The van der Waals surface area contributed by atoms with E-state index in [4.69, 9.17) is 5.84 Å². The van der Waals surface area contributed by atoms with Gasteiger partial charge < -0.3 is 5.84 Å². The fourth-order valence-electron chi connectivity index (χ4n) is 1.26. The molecule has 1 aromatic heterocycles. The molecule has 0 radical (unpaired) electrons. The molecular weight excluding hydrogens is 178 g/mol. The van der Waals surface area contributed by atoms with Gasteiger partial charge in [-0.15, -0.1) is 4.79 Å². The molecular formula is C10H9N3O. The number of nitrogen functional groups attached to an aromatic ring is 1. The van der Waals surface area contributed by atoms with Gasteiger partial charge in [0.25, 0.3) is 5.56 Å². The standard InChI is InChI=1S/C10H9N3O/c11-13-10(14)9(6-7-12-13)8-4-2-1-3-5-8/h1-7H,11H2. The van der Waals surface area contributed by atoms with Gasteiger partial charge in [-0.3, -0.25) is 4.79 Å². The Bertz CT molecular complexity index is 490. The second-order valence-corrected chi connectivity index (χ2v) is 2.86. The minimum atomic E-state index is -0.293. The molecule has 0 atom stereocenters. The summed E-state index contributed by atoms with van der Waals surface area (Å²) < 4.78 is 0. The summed E-state index contributed by atoms with van der Waals surface area (Å²) >= 11 is 0. The number of benzene rings is 1. The first-order valence-electron chi connectivity index (χ1n) is 4.18. The van der Waals surface area contributed by atoms with Gasteiger partial charge in [-0.25, -0.2) is 0 Å². The third kappa shape index (κ3) is 1.37. The SMILES string of the molecule is Nn1nccc(-c2ccccc2)c1=O. The van der Waals surface area contributed by atoms with Crippen molar-refractivity contribution >= 4 is 0 Å². The summed E-state index contributed by atoms with van der Waals surface area (Å²) in [5.41, 5.74) is 1.11. The van der Waals surface area contributed by atoms with Crippen LogP contribution in [0, 0.1) is 0 Å². The molecule has 0 spiro atoms. The van der Waals surface area contributed by atoms with Gasteiger partial charge in [0.05, 0.1) is 11.8 Å². The van der Waals surface area contributed by atoms with Crippen molar-refractivity contribution < 1.29 is 0 Å². The molecule has 0 bridgehead atoms. The van der Waals surface area contributed by atoms with Crippen molar-refractivity contribution in [1.82, 2.24) is 9.89 Å². The molecule has 0 aliphatic carbocycles. The average molecular weight is 187 g/mol. The Morgan fingerprint density at radius 3 is 2.57 bits per heavy atom. The Morgan fingerprint density at radius 2 is 1.86 bits per heavy atom. The lowest BCUT2D eigenvalue weighted by Gasteiger charge is -2.01. The van der Waals surface area contributed by atoms with Crippen LogP contribution in [-0.2, 0) is 0 Å². The summed E-state index contributed by atoms with van der Waals surface area (Å²) in [5, 5.41) is 3.65. The van der Waals surface area contributed by atoms with E-state index in [1.807, 2.05) is 30.3 Å². The molecule has 0 aliphatic rings. The molecule has 0 amide bonds. The van der Waals surface area contributed by atoms with E-state index in [1.165, 1.54) is 6.20 Å². The quantitative estimate of drug-likeness (QED) is 0.666. The molecule has 1 aromatic carbocycles. The summed E-state index contributed by atoms with van der Waals surface area (Å²) in [5.74, 6) is 5.35. The van der Waals surface area contributed by atoms with Gasteiger partial charge in [-0.1, -0.05) is 30.3 Å². The van der Waals surface area contributed by atoms with Crippen molar-refractivity contribution in [2.75, 3.05) is 5.84 Å². The topological polar surface area (TPSA) is 60.9 Å². The van der Waals surface area contributed by atoms with Crippen LogP contribution in [-0.4, -0.2) is 9.89 Å². The number of hydrogen-bond acceptors (Lipinski definition) is 3. The van der Waals surface area contributed by atoms with Gasteiger partial charge in [0.2, 0.25) is 0 Å². The van der Waals surface area contributed by atoms with Gasteiger partial charge in [-0.05, 0) is 11.6 Å². The molecule has 4 heteroatoms. The van der Waals surface area contributed by atoms with E-state index < -0.39 is 0 Å². The monoisotopic (exact) mass is 187 g/mol. The predicted molar refractivity (Wildman–Crippen MR) is 54.1 cm³/mol. The van der Waals surface area contributed by atoms with Gasteiger partial charge in [0, 0.05) is 0 Å². The van der Waals surface area contributed by atoms with E-state index in [9.17, 15) is 4.79 Å². The third-order valence-corrected chi connectivity index (χ3v) is 1.96. The maximum absolute atomic E-state index is 11.5. The fraction of sp³-hybridized carbons (Fsp3) is 0. The van der Waals surface area contributed by atoms with Crippen LogP contribution in [0.5, 0.6) is 0 Å². The Labute approximate surface area is 80.6 Å². The van der Waals surface area contributed by atoms with Crippen molar-refractivity contribution in [3.05, 3.63) is 52.9 Å². The lowest BCUT2D eigenvalue weighted by atomic mass is 10.1. The number of nitrogens with two attached hydrogens (primary N) is 1. The number of hydrogen-bond donors (Lipinski definition) is 1. The van der Waals surface area contributed by atoms with Crippen molar-refractivity contribution in [3.8, 4) is 11.1 Å². The summed E-state index contributed by atoms with van der Waals surface area (Å²) in [4.78, 5) is 12.4. The number of rotatable bonds is 1. The number of aromatic nitrogens is 2. The summed E-state index contributed by atoms with van der Waals surface area (Å²) in [6.07, 6.45) is 1.50. The average Bonchev–Trinajstić information content (AvgIpc) is 2.23. The minimum Gasteiger partial charge on any atom is -0.320 e. The molecule has 2 rings (SSSR count). The van der Waals surface area contributed by atoms with Crippen LogP contribution in [0.2, 0.25) is 0 Å². The third-order valence-electron chi connectivity index (χ3n) is 1.96. The fourth-order valence-corrected chi connectivity index (χ4v) is 1.26. The molecule has 4 nitrogen and oxygen atoms in total. The maximum atomic E-state index is 11.5. The Morgan fingerprint density at radius 1 is 1.14 bits per heavy atom. The zero-order chi connectivity index (χ0) is 9.97. The molecule has 70 valence electrons. The Kier molecular flexibility index (Phi) is 2.02. The summed E-state index contributed by atoms with van der Waals surface area (Å²) in [7, 11) is 0. The molecule has 0 unspecified atom stereocenters. The van der Waals surface area contributed by atoms with Crippen molar-refractivity contribution in [2.45, 2.75) is 0 Å². The minimum absolute atomic E-state index is 0.293. The normalized spacial score (nSPS) is 10.0. The van der Waals surface area contributed by atoms with E-state index >= 15 is 0 Å². The summed E-state index contributed by atoms with van der Waals surface area (Å²) in [6.45, 7) is 0. The first kappa shape index (κ1) is 8.50. The molecule has 2 N–H and O–H groups in total. The lowest BCUT2D eigenvalue weighted by molar-refractivity contribution is 0.765. The highest BCUT2D eigenvalue weighted by Gasteiger charge is 2.03. The van der Waals surface area contributed by atoms with E-state index in [-0.39, 0.29) is 5.56 Å². The van der Waals surface area contributed by atoms with E-state index in [2.05, 4.69) is 5.10 Å². The van der Waals surface area contributed by atoms with Gasteiger partial charge in [-0.2, -0.15) is 5.10 Å². The molecule has 0 saturated heterocycles. The highest BCUT2D eigenvalue weighted by molar-refractivity contribution is 5.61. The van der Waals surface area contributed by atoms with Crippen LogP contribution in [0.1, 0.15) is 0 Å². The van der Waals surface area contributed by atoms with Gasteiger partial charge >= 0.3 is 0 Å². The first-order valence-corrected chi connectivity index (χ1v) is 4.18. The van der Waals surface area contributed by atoms with Crippen LogP contribution < -0.4 is 11.4 Å². The highest BCUT2D eigenvalue weighted by Crippen LogP contribution is 2.12. The van der Waals surface area contributed by atoms with Crippen LogP contribution >= 0.6 is 0 Å². The van der Waals surface area contributed by atoms with Crippen LogP contribution in [0.15, 0.2) is 47.4 Å². The van der Waals surface area contributed by atoms with E-state index in [1.54, 1.807) is 6.07 Å². The van der Waals surface area contributed by atoms with Crippen molar-refractivity contribution in [1.29, 1.82) is 0 Å². The smallest absolute Gasteiger partial charge is 0.293 e. The maximum Gasteiger partial charge on any atom is 0.293 e. The molecule has 2 aromatic rings. The van der Waals surface area contributed by atoms with Crippen LogP contribution in [0.3, 0.4) is 0 Å². The van der Waals surface area contributed by atoms with Crippen LogP contribution in [0.4, 0.5) is 0 Å². The largest absolute Gasteiger partial charge is 0.320 e. The molecule has 0 fully saturated rings. The number of nitrogens with zero attached hydrogens (tertiary/aromatic N) is 2. The lowest BCUT2D eigenvalue weighted by Crippen LogP contribution is -2.30. The Hall–Kier alpha value is -2.10.